The van der Waals surface area contributed by atoms with Crippen LogP contribution in [0.2, 0.25) is 0 Å². The second-order valence-corrected chi connectivity index (χ2v) is 6.39. The van der Waals surface area contributed by atoms with Crippen LogP contribution in [0, 0.1) is 5.92 Å². The molecule has 19 heavy (non-hydrogen) atoms. The summed E-state index contributed by atoms with van der Waals surface area (Å²) in [6.45, 7) is 9.01. The van der Waals surface area contributed by atoms with Crippen molar-refractivity contribution in [1.29, 1.82) is 0 Å². The van der Waals surface area contributed by atoms with E-state index in [1.165, 1.54) is 17.0 Å². The summed E-state index contributed by atoms with van der Waals surface area (Å²) in [5, 5.41) is 0. The van der Waals surface area contributed by atoms with Crippen LogP contribution in [0.15, 0.2) is 24.3 Å². The summed E-state index contributed by atoms with van der Waals surface area (Å²) < 4.78 is 8.82. The molecule has 2 atom stereocenters. The van der Waals surface area contributed by atoms with Gasteiger partial charge in [0.15, 0.2) is 18.2 Å². The van der Waals surface area contributed by atoms with Gasteiger partial charge in [0.1, 0.15) is 0 Å². The van der Waals surface area contributed by atoms with Crippen LogP contribution in [0.5, 0.6) is 0 Å². The molecule has 3 rings (SSSR count). The van der Waals surface area contributed by atoms with Gasteiger partial charge in [0.2, 0.25) is 0 Å². The molecule has 1 aromatic rings. The van der Waals surface area contributed by atoms with Crippen molar-refractivity contribution in [3.8, 4) is 0 Å². The van der Waals surface area contributed by atoms with E-state index in [4.69, 9.17) is 4.74 Å². The molecule has 0 spiro atoms. The molecule has 0 saturated carbocycles. The maximum atomic E-state index is 6.30. The van der Waals surface area contributed by atoms with Gasteiger partial charge in [-0.2, -0.15) is 4.58 Å². The molecule has 0 aromatic heterocycles. The average Bonchev–Trinajstić information content (AvgIpc) is 2.74. The van der Waals surface area contributed by atoms with Crippen LogP contribution in [0.1, 0.15) is 38.8 Å². The fourth-order valence-corrected chi connectivity index (χ4v) is 3.51. The molecule has 0 amide bonds. The fraction of sp³-hybridized carbons (Fsp3) is 0.588. The van der Waals surface area contributed by atoms with Gasteiger partial charge in [0, 0.05) is 12.8 Å². The van der Waals surface area contributed by atoms with Crippen molar-refractivity contribution in [3.05, 3.63) is 35.4 Å². The fourth-order valence-electron chi connectivity index (χ4n) is 3.51. The Kier molecular flexibility index (Phi) is 3.12. The largest absolute Gasteiger partial charge is 0.437 e. The van der Waals surface area contributed by atoms with Crippen LogP contribution in [-0.2, 0) is 17.6 Å². The van der Waals surface area contributed by atoms with Crippen LogP contribution in [0.4, 0.5) is 0 Å². The molecule has 1 heterocycles. The highest BCUT2D eigenvalue weighted by atomic mass is 16.5. The zero-order valence-electron chi connectivity index (χ0n) is 12.4. The van der Waals surface area contributed by atoms with E-state index in [0.717, 1.165) is 12.8 Å². The summed E-state index contributed by atoms with van der Waals surface area (Å²) in [6, 6.07) is 9.85. The predicted molar refractivity (Wildman–Crippen MR) is 77.8 cm³/mol. The van der Waals surface area contributed by atoms with Gasteiger partial charge in [0.25, 0.3) is 0 Å². The van der Waals surface area contributed by atoms with Crippen molar-refractivity contribution in [2.75, 3.05) is 0 Å². The standard InChI is InChI=1S/C17H24NO/c1-11(2)17-18(12(3)4)15-9-13-7-5-6-8-14(13)10-16(15)19-17/h5-8,11-12,15-16H,9-10H2,1-4H3/q+1/t15-,16-/m0/s1. The van der Waals surface area contributed by atoms with E-state index in [-0.39, 0.29) is 0 Å². The lowest BCUT2D eigenvalue weighted by molar-refractivity contribution is -0.590. The van der Waals surface area contributed by atoms with Gasteiger partial charge in [-0.3, -0.25) is 0 Å². The van der Waals surface area contributed by atoms with Gasteiger partial charge in [-0.1, -0.05) is 24.3 Å². The van der Waals surface area contributed by atoms with Gasteiger partial charge < -0.3 is 4.74 Å². The Hall–Kier alpha value is -1.31. The van der Waals surface area contributed by atoms with Crippen molar-refractivity contribution < 1.29 is 9.31 Å². The van der Waals surface area contributed by atoms with Crippen LogP contribution < -0.4 is 0 Å². The third-order valence-corrected chi connectivity index (χ3v) is 4.33. The first-order valence-corrected chi connectivity index (χ1v) is 7.46. The van der Waals surface area contributed by atoms with E-state index >= 15 is 0 Å². The lowest BCUT2D eigenvalue weighted by Gasteiger charge is -2.24. The third-order valence-electron chi connectivity index (χ3n) is 4.33. The Labute approximate surface area is 116 Å². The van der Waals surface area contributed by atoms with Crippen molar-refractivity contribution in [2.45, 2.75) is 58.7 Å². The molecule has 0 fully saturated rings. The quantitative estimate of drug-likeness (QED) is 0.743. The maximum absolute atomic E-state index is 6.30. The molecule has 0 radical (unpaired) electrons. The van der Waals surface area contributed by atoms with Crippen molar-refractivity contribution in [1.82, 2.24) is 0 Å². The van der Waals surface area contributed by atoms with Gasteiger partial charge in [-0.15, -0.1) is 0 Å². The average molecular weight is 258 g/mol. The van der Waals surface area contributed by atoms with Gasteiger partial charge in [-0.05, 0) is 38.8 Å². The Morgan fingerprint density at radius 1 is 1.05 bits per heavy atom. The molecule has 102 valence electrons. The molecular weight excluding hydrogens is 234 g/mol. The van der Waals surface area contributed by atoms with Gasteiger partial charge in [0.05, 0.1) is 5.92 Å². The Bertz CT molecular complexity index is 516. The minimum Gasteiger partial charge on any atom is -0.437 e. The van der Waals surface area contributed by atoms with Crippen molar-refractivity contribution >= 4 is 5.90 Å². The Balaban J connectivity index is 1.97. The molecule has 1 aliphatic heterocycles. The monoisotopic (exact) mass is 258 g/mol. The molecule has 1 aliphatic carbocycles. The first-order valence-electron chi connectivity index (χ1n) is 7.46. The second kappa shape index (κ2) is 4.66. The van der Waals surface area contributed by atoms with Crippen LogP contribution in [-0.4, -0.2) is 28.7 Å². The van der Waals surface area contributed by atoms with Gasteiger partial charge >= 0.3 is 5.90 Å². The first kappa shape index (κ1) is 12.7. The summed E-state index contributed by atoms with van der Waals surface area (Å²) in [7, 11) is 0. The lowest BCUT2D eigenvalue weighted by atomic mass is 9.86. The summed E-state index contributed by atoms with van der Waals surface area (Å²) in [6.07, 6.45) is 2.52. The molecule has 0 N–H and O–H groups in total. The van der Waals surface area contributed by atoms with E-state index in [9.17, 15) is 0 Å². The second-order valence-electron chi connectivity index (χ2n) is 6.39. The highest BCUT2D eigenvalue weighted by Crippen LogP contribution is 2.31. The van der Waals surface area contributed by atoms with E-state index in [1.54, 1.807) is 0 Å². The van der Waals surface area contributed by atoms with Crippen LogP contribution in [0.25, 0.3) is 0 Å². The van der Waals surface area contributed by atoms with E-state index in [1.807, 2.05) is 0 Å². The first-order chi connectivity index (χ1) is 9.08. The molecule has 0 unspecified atom stereocenters. The lowest BCUT2D eigenvalue weighted by Crippen LogP contribution is -2.41. The summed E-state index contributed by atoms with van der Waals surface area (Å²) in [4.78, 5) is 0. The number of nitrogens with zero attached hydrogens (tertiary/aromatic N) is 1. The zero-order valence-corrected chi connectivity index (χ0v) is 12.4. The smallest absolute Gasteiger partial charge is 0.339 e. The SMILES string of the molecule is CC(C)C1=[N+](C(C)C)[C@H]2Cc3ccccc3C[C@@H]2O1. The van der Waals surface area contributed by atoms with Crippen molar-refractivity contribution in [2.24, 2.45) is 5.92 Å². The molecule has 2 heteroatoms. The normalized spacial score (nSPS) is 25.6. The minimum atomic E-state index is 0.342. The summed E-state index contributed by atoms with van der Waals surface area (Å²) in [5.74, 6) is 1.66. The molecule has 2 nitrogen and oxygen atoms in total. The molecule has 1 aromatic carbocycles. The highest BCUT2D eigenvalue weighted by molar-refractivity contribution is 5.74. The van der Waals surface area contributed by atoms with Crippen LogP contribution in [0.3, 0.4) is 0 Å². The topological polar surface area (TPSA) is 12.2 Å². The van der Waals surface area contributed by atoms with Gasteiger partial charge in [-0.25, -0.2) is 0 Å². The minimum absolute atomic E-state index is 0.342. The van der Waals surface area contributed by atoms with Crippen molar-refractivity contribution in [3.63, 3.8) is 0 Å². The third kappa shape index (κ3) is 2.07. The predicted octanol–water partition coefficient (Wildman–Crippen LogP) is 3.03. The number of benzene rings is 1. The number of rotatable bonds is 2. The number of ether oxygens (including phenoxy) is 1. The zero-order chi connectivity index (χ0) is 13.6. The molecule has 2 aliphatic rings. The Morgan fingerprint density at radius 2 is 1.68 bits per heavy atom. The molecule has 0 bridgehead atoms. The van der Waals surface area contributed by atoms with Crippen LogP contribution >= 0.6 is 0 Å². The number of fused-ring (bicyclic) bond motifs is 2. The van der Waals surface area contributed by atoms with E-state index in [0.29, 0.717) is 24.1 Å². The molecule has 0 saturated heterocycles. The summed E-state index contributed by atoms with van der Waals surface area (Å²) in [5.41, 5.74) is 2.97. The maximum Gasteiger partial charge on any atom is 0.339 e. The highest BCUT2D eigenvalue weighted by Gasteiger charge is 2.48. The molecular formula is C17H24NO+. The Morgan fingerprint density at radius 3 is 2.26 bits per heavy atom. The van der Waals surface area contributed by atoms with E-state index in [2.05, 4.69) is 56.5 Å². The summed E-state index contributed by atoms with van der Waals surface area (Å²) >= 11 is 0. The number of hydrogen-bond donors (Lipinski definition) is 0. The number of hydrogen-bond acceptors (Lipinski definition) is 1. The van der Waals surface area contributed by atoms with E-state index < -0.39 is 0 Å².